The molecule has 0 aromatic heterocycles. The second-order valence-electron chi connectivity index (χ2n) is 5.00. The molecule has 94 valence electrons. The zero-order valence-electron chi connectivity index (χ0n) is 11.0. The Labute approximate surface area is 103 Å². The van der Waals surface area contributed by atoms with Gasteiger partial charge in [-0.05, 0) is 55.4 Å². The van der Waals surface area contributed by atoms with Gasteiger partial charge in [0.25, 0.3) is 0 Å². The number of anilines is 1. The maximum atomic E-state index is 11.0. The van der Waals surface area contributed by atoms with Crippen molar-refractivity contribution >= 4 is 11.7 Å². The number of benzene rings is 1. The molecular formula is C14H21NO2. The van der Waals surface area contributed by atoms with Crippen molar-refractivity contribution in [2.45, 2.75) is 40.5 Å². The second-order valence-corrected chi connectivity index (χ2v) is 5.00. The molecule has 17 heavy (non-hydrogen) atoms. The van der Waals surface area contributed by atoms with Crippen molar-refractivity contribution in [1.29, 1.82) is 0 Å². The molecule has 0 bridgehead atoms. The molecule has 0 spiro atoms. The molecule has 0 heterocycles. The number of hydrogen-bond acceptors (Lipinski definition) is 2. The molecule has 0 saturated carbocycles. The van der Waals surface area contributed by atoms with Gasteiger partial charge >= 0.3 is 5.97 Å². The molecule has 3 heteroatoms. The Bertz CT molecular complexity index is 436. The number of hydrogen-bond donors (Lipinski definition) is 2. The van der Waals surface area contributed by atoms with E-state index in [1.807, 2.05) is 13.8 Å². The Hall–Kier alpha value is -1.51. The van der Waals surface area contributed by atoms with Gasteiger partial charge in [0.1, 0.15) is 0 Å². The zero-order chi connectivity index (χ0) is 13.2. The molecule has 0 aliphatic carbocycles. The standard InChI is InChI=1S/C14H21NO2/c1-8(2)5-6-11-9(3)7-12(14(16)17)13(15)10(11)4/h7-8H,5-6,15H2,1-4H3,(H,16,17). The third-order valence-electron chi connectivity index (χ3n) is 3.19. The van der Waals surface area contributed by atoms with Crippen LogP contribution in [0.5, 0.6) is 0 Å². The summed E-state index contributed by atoms with van der Waals surface area (Å²) in [6.45, 7) is 8.22. The molecule has 1 aromatic rings. The van der Waals surface area contributed by atoms with Crippen LogP contribution in [0.2, 0.25) is 0 Å². The third kappa shape index (κ3) is 2.99. The Balaban J connectivity index is 3.16. The highest BCUT2D eigenvalue weighted by atomic mass is 16.4. The molecule has 0 atom stereocenters. The van der Waals surface area contributed by atoms with Crippen molar-refractivity contribution in [1.82, 2.24) is 0 Å². The van der Waals surface area contributed by atoms with Gasteiger partial charge in [0.05, 0.1) is 5.56 Å². The Morgan fingerprint density at radius 1 is 1.41 bits per heavy atom. The summed E-state index contributed by atoms with van der Waals surface area (Å²) in [4.78, 5) is 11.0. The number of carbonyl (C=O) groups is 1. The monoisotopic (exact) mass is 235 g/mol. The predicted molar refractivity (Wildman–Crippen MR) is 70.4 cm³/mol. The molecule has 0 aliphatic rings. The van der Waals surface area contributed by atoms with Crippen LogP contribution < -0.4 is 5.73 Å². The van der Waals surface area contributed by atoms with E-state index in [1.54, 1.807) is 6.07 Å². The van der Waals surface area contributed by atoms with Gasteiger partial charge in [0.15, 0.2) is 0 Å². The zero-order valence-corrected chi connectivity index (χ0v) is 11.0. The summed E-state index contributed by atoms with van der Waals surface area (Å²) in [5, 5.41) is 9.04. The molecule has 0 fully saturated rings. The number of nitrogens with two attached hydrogens (primary N) is 1. The van der Waals surface area contributed by atoms with Crippen LogP contribution in [0.3, 0.4) is 0 Å². The van der Waals surface area contributed by atoms with E-state index in [9.17, 15) is 4.79 Å². The van der Waals surface area contributed by atoms with Crippen LogP contribution in [0.1, 0.15) is 47.3 Å². The maximum Gasteiger partial charge on any atom is 0.337 e. The number of aromatic carboxylic acids is 1. The van der Waals surface area contributed by atoms with Crippen molar-refractivity contribution in [3.8, 4) is 0 Å². The third-order valence-corrected chi connectivity index (χ3v) is 3.19. The summed E-state index contributed by atoms with van der Waals surface area (Å²) in [6.07, 6.45) is 2.05. The SMILES string of the molecule is Cc1cc(C(=O)O)c(N)c(C)c1CCC(C)C. The lowest BCUT2D eigenvalue weighted by Gasteiger charge is -2.15. The summed E-state index contributed by atoms with van der Waals surface area (Å²) < 4.78 is 0. The highest BCUT2D eigenvalue weighted by molar-refractivity contribution is 5.95. The molecule has 0 amide bonds. The summed E-state index contributed by atoms with van der Waals surface area (Å²) in [7, 11) is 0. The van der Waals surface area contributed by atoms with Gasteiger partial charge in [0, 0.05) is 5.69 Å². The van der Waals surface area contributed by atoms with Gasteiger partial charge in [-0.3, -0.25) is 0 Å². The van der Waals surface area contributed by atoms with E-state index in [1.165, 1.54) is 5.56 Å². The molecule has 0 saturated heterocycles. The fraction of sp³-hybridized carbons (Fsp3) is 0.500. The van der Waals surface area contributed by atoms with E-state index in [-0.39, 0.29) is 5.56 Å². The molecule has 0 aliphatic heterocycles. The smallest absolute Gasteiger partial charge is 0.337 e. The van der Waals surface area contributed by atoms with Crippen molar-refractivity contribution in [2.75, 3.05) is 5.73 Å². The lowest BCUT2D eigenvalue weighted by atomic mass is 9.92. The number of rotatable bonds is 4. The van der Waals surface area contributed by atoms with Crippen LogP contribution in [0.15, 0.2) is 6.07 Å². The van der Waals surface area contributed by atoms with Gasteiger partial charge in [-0.2, -0.15) is 0 Å². The van der Waals surface area contributed by atoms with E-state index in [4.69, 9.17) is 10.8 Å². The van der Waals surface area contributed by atoms with Crippen molar-refractivity contribution in [3.05, 3.63) is 28.3 Å². The normalized spacial score (nSPS) is 10.9. The van der Waals surface area contributed by atoms with Crippen LogP contribution in [0.25, 0.3) is 0 Å². The first-order valence-corrected chi connectivity index (χ1v) is 5.96. The quantitative estimate of drug-likeness (QED) is 0.788. The number of carboxylic acid groups (broad SMARTS) is 1. The molecule has 1 rings (SSSR count). The lowest BCUT2D eigenvalue weighted by molar-refractivity contribution is 0.0698. The summed E-state index contributed by atoms with van der Waals surface area (Å²) in [5.74, 6) is -0.321. The van der Waals surface area contributed by atoms with Gasteiger partial charge in [-0.1, -0.05) is 13.8 Å². The Morgan fingerprint density at radius 3 is 2.47 bits per heavy atom. The molecule has 3 nitrogen and oxygen atoms in total. The highest BCUT2D eigenvalue weighted by Gasteiger charge is 2.15. The molecule has 3 N–H and O–H groups in total. The minimum atomic E-state index is -0.955. The number of nitrogen functional groups attached to an aromatic ring is 1. The van der Waals surface area contributed by atoms with Crippen LogP contribution in [-0.4, -0.2) is 11.1 Å². The van der Waals surface area contributed by atoms with Crippen LogP contribution in [0, 0.1) is 19.8 Å². The molecule has 0 radical (unpaired) electrons. The average molecular weight is 235 g/mol. The minimum absolute atomic E-state index is 0.216. The van der Waals surface area contributed by atoms with E-state index in [0.717, 1.165) is 24.0 Å². The summed E-state index contributed by atoms with van der Waals surface area (Å²) in [5.41, 5.74) is 9.64. The average Bonchev–Trinajstić information content (AvgIpc) is 2.22. The van der Waals surface area contributed by atoms with Gasteiger partial charge in [-0.25, -0.2) is 4.79 Å². The van der Waals surface area contributed by atoms with Gasteiger partial charge in [-0.15, -0.1) is 0 Å². The first-order chi connectivity index (χ1) is 7.84. The van der Waals surface area contributed by atoms with Crippen molar-refractivity contribution in [2.24, 2.45) is 5.92 Å². The maximum absolute atomic E-state index is 11.0. The molecular weight excluding hydrogens is 214 g/mol. The van der Waals surface area contributed by atoms with Crippen molar-refractivity contribution < 1.29 is 9.90 Å². The molecule has 0 unspecified atom stereocenters. The Kier molecular flexibility index (Phi) is 4.16. The summed E-state index contributed by atoms with van der Waals surface area (Å²) in [6, 6.07) is 1.68. The van der Waals surface area contributed by atoms with E-state index in [2.05, 4.69) is 13.8 Å². The van der Waals surface area contributed by atoms with Crippen LogP contribution in [0.4, 0.5) is 5.69 Å². The fourth-order valence-corrected chi connectivity index (χ4v) is 2.04. The second kappa shape index (κ2) is 5.21. The Morgan fingerprint density at radius 2 is 2.00 bits per heavy atom. The lowest BCUT2D eigenvalue weighted by Crippen LogP contribution is -2.08. The van der Waals surface area contributed by atoms with Gasteiger partial charge in [0.2, 0.25) is 0 Å². The predicted octanol–water partition coefficient (Wildman–Crippen LogP) is 3.17. The summed E-state index contributed by atoms with van der Waals surface area (Å²) >= 11 is 0. The van der Waals surface area contributed by atoms with Gasteiger partial charge < -0.3 is 10.8 Å². The topological polar surface area (TPSA) is 63.3 Å². The van der Waals surface area contributed by atoms with E-state index in [0.29, 0.717) is 11.6 Å². The van der Waals surface area contributed by atoms with E-state index < -0.39 is 5.97 Å². The van der Waals surface area contributed by atoms with Crippen molar-refractivity contribution in [3.63, 3.8) is 0 Å². The number of carboxylic acids is 1. The molecule has 1 aromatic carbocycles. The first-order valence-electron chi connectivity index (χ1n) is 5.96. The fourth-order valence-electron chi connectivity index (χ4n) is 2.04. The van der Waals surface area contributed by atoms with Crippen LogP contribution in [-0.2, 0) is 6.42 Å². The van der Waals surface area contributed by atoms with Crippen LogP contribution >= 0.6 is 0 Å². The number of aryl methyl sites for hydroxylation is 1. The van der Waals surface area contributed by atoms with E-state index >= 15 is 0 Å². The first kappa shape index (κ1) is 13.6. The minimum Gasteiger partial charge on any atom is -0.478 e. The highest BCUT2D eigenvalue weighted by Crippen LogP contribution is 2.26. The largest absolute Gasteiger partial charge is 0.478 e.